The van der Waals surface area contributed by atoms with E-state index in [0.717, 1.165) is 51.4 Å². The van der Waals surface area contributed by atoms with Gasteiger partial charge < -0.3 is 16.2 Å². The Labute approximate surface area is 103 Å². The predicted octanol–water partition coefficient (Wildman–Crippen LogP) is 0.924. The summed E-state index contributed by atoms with van der Waals surface area (Å²) in [6.45, 7) is 0. The van der Waals surface area contributed by atoms with Gasteiger partial charge in [0, 0.05) is 12.0 Å². The summed E-state index contributed by atoms with van der Waals surface area (Å²) in [5.41, 5.74) is 5.89. The van der Waals surface area contributed by atoms with E-state index in [2.05, 4.69) is 5.32 Å². The summed E-state index contributed by atoms with van der Waals surface area (Å²) in [5, 5.41) is 12.8. The summed E-state index contributed by atoms with van der Waals surface area (Å²) >= 11 is 0. The second-order valence-corrected chi connectivity index (χ2v) is 5.59. The highest BCUT2D eigenvalue weighted by atomic mass is 16.3. The Bertz CT molecular complexity index is 270. The lowest BCUT2D eigenvalue weighted by Gasteiger charge is -2.31. The summed E-state index contributed by atoms with van der Waals surface area (Å²) in [5.74, 6) is 0.166. The molecule has 0 spiro atoms. The molecule has 2 fully saturated rings. The minimum atomic E-state index is -0.357. The van der Waals surface area contributed by atoms with Crippen molar-refractivity contribution < 1.29 is 9.90 Å². The van der Waals surface area contributed by atoms with Crippen LogP contribution in [0.3, 0.4) is 0 Å². The molecule has 0 heterocycles. The van der Waals surface area contributed by atoms with E-state index in [1.807, 2.05) is 0 Å². The lowest BCUT2D eigenvalue weighted by Crippen LogP contribution is -2.48. The molecule has 2 rings (SSSR count). The van der Waals surface area contributed by atoms with Gasteiger partial charge in [0.05, 0.1) is 12.1 Å². The van der Waals surface area contributed by atoms with E-state index in [9.17, 15) is 9.90 Å². The Balaban J connectivity index is 1.83. The first-order chi connectivity index (χ1) is 8.16. The van der Waals surface area contributed by atoms with Crippen LogP contribution in [0.2, 0.25) is 0 Å². The van der Waals surface area contributed by atoms with Gasteiger partial charge in [0.15, 0.2) is 0 Å². The zero-order chi connectivity index (χ0) is 12.3. The molecule has 98 valence electrons. The number of hydrogen-bond acceptors (Lipinski definition) is 3. The van der Waals surface area contributed by atoms with Crippen LogP contribution in [0.5, 0.6) is 0 Å². The maximum absolute atomic E-state index is 12.1. The van der Waals surface area contributed by atoms with Crippen molar-refractivity contribution in [3.8, 4) is 0 Å². The van der Waals surface area contributed by atoms with Crippen LogP contribution < -0.4 is 11.1 Å². The molecule has 4 atom stereocenters. The highest BCUT2D eigenvalue weighted by Gasteiger charge is 2.29. The number of carbonyl (C=O) groups excluding carboxylic acids is 1. The number of nitrogens with two attached hydrogens (primary N) is 1. The van der Waals surface area contributed by atoms with Gasteiger partial charge in [-0.25, -0.2) is 0 Å². The first-order valence-corrected chi connectivity index (χ1v) is 6.91. The third kappa shape index (κ3) is 3.42. The van der Waals surface area contributed by atoms with Crippen molar-refractivity contribution in [3.05, 3.63) is 0 Å². The van der Waals surface area contributed by atoms with E-state index < -0.39 is 0 Å². The number of carbonyl (C=O) groups is 1. The van der Waals surface area contributed by atoms with E-state index in [1.54, 1.807) is 0 Å². The summed E-state index contributed by atoms with van der Waals surface area (Å²) in [6.07, 6.45) is 7.37. The molecule has 0 aromatic carbocycles. The number of aliphatic hydroxyl groups excluding tert-OH is 1. The summed E-state index contributed by atoms with van der Waals surface area (Å²) in [4.78, 5) is 12.1. The maximum atomic E-state index is 12.1. The number of hydrogen-bond donors (Lipinski definition) is 3. The molecule has 1 amide bonds. The smallest absolute Gasteiger partial charge is 0.223 e. The average molecular weight is 240 g/mol. The molecule has 4 N–H and O–H groups in total. The molecule has 2 unspecified atom stereocenters. The molecule has 0 radical (unpaired) electrons. The van der Waals surface area contributed by atoms with Crippen molar-refractivity contribution in [2.24, 2.45) is 11.7 Å². The zero-order valence-electron chi connectivity index (χ0n) is 10.4. The van der Waals surface area contributed by atoms with Gasteiger partial charge in [-0.2, -0.15) is 0 Å². The molecule has 2 saturated carbocycles. The van der Waals surface area contributed by atoms with Gasteiger partial charge >= 0.3 is 0 Å². The number of aliphatic hydroxyl groups is 1. The van der Waals surface area contributed by atoms with Crippen LogP contribution in [0.15, 0.2) is 0 Å². The molecule has 4 heteroatoms. The van der Waals surface area contributed by atoms with Crippen molar-refractivity contribution >= 4 is 5.91 Å². The predicted molar refractivity (Wildman–Crippen MR) is 66.3 cm³/mol. The van der Waals surface area contributed by atoms with Gasteiger partial charge in [0.25, 0.3) is 0 Å². The number of rotatable bonds is 2. The van der Waals surface area contributed by atoms with Crippen molar-refractivity contribution in [1.29, 1.82) is 0 Å². The Morgan fingerprint density at radius 1 is 1.12 bits per heavy atom. The van der Waals surface area contributed by atoms with E-state index in [1.165, 1.54) is 0 Å². The van der Waals surface area contributed by atoms with Crippen molar-refractivity contribution in [1.82, 2.24) is 5.32 Å². The highest BCUT2D eigenvalue weighted by molar-refractivity contribution is 5.79. The summed E-state index contributed by atoms with van der Waals surface area (Å²) in [7, 11) is 0. The first-order valence-electron chi connectivity index (χ1n) is 6.91. The summed E-state index contributed by atoms with van der Waals surface area (Å²) in [6, 6.07) is 0.144. The standard InChI is InChI=1S/C13H24N2O2/c14-10-5-3-4-9(8-10)13(17)15-11-6-1-2-7-12(11)16/h9-12,16H,1-8,14H2,(H,15,17)/t9?,10?,11-,12-/m0/s1. The second kappa shape index (κ2) is 5.83. The quantitative estimate of drug-likeness (QED) is 0.672. The molecule has 0 aliphatic heterocycles. The molecular weight excluding hydrogens is 216 g/mol. The monoisotopic (exact) mass is 240 g/mol. The second-order valence-electron chi connectivity index (χ2n) is 5.59. The molecule has 2 aliphatic rings. The third-order valence-corrected chi connectivity index (χ3v) is 4.14. The Kier molecular flexibility index (Phi) is 4.40. The highest BCUT2D eigenvalue weighted by Crippen LogP contribution is 2.24. The van der Waals surface area contributed by atoms with Crippen LogP contribution in [0.1, 0.15) is 51.4 Å². The van der Waals surface area contributed by atoms with Gasteiger partial charge in [-0.3, -0.25) is 4.79 Å². The van der Waals surface area contributed by atoms with Crippen LogP contribution in [-0.4, -0.2) is 29.2 Å². The van der Waals surface area contributed by atoms with E-state index in [4.69, 9.17) is 5.73 Å². The molecule has 2 aliphatic carbocycles. The molecule has 0 saturated heterocycles. The van der Waals surface area contributed by atoms with Crippen LogP contribution in [-0.2, 0) is 4.79 Å². The van der Waals surface area contributed by atoms with Crippen LogP contribution >= 0.6 is 0 Å². The van der Waals surface area contributed by atoms with Crippen molar-refractivity contribution in [2.45, 2.75) is 69.6 Å². The third-order valence-electron chi connectivity index (χ3n) is 4.14. The van der Waals surface area contributed by atoms with E-state index in [0.29, 0.717) is 0 Å². The Hall–Kier alpha value is -0.610. The summed E-state index contributed by atoms with van der Waals surface area (Å²) < 4.78 is 0. The molecule has 0 aromatic rings. The molecular formula is C13H24N2O2. The van der Waals surface area contributed by atoms with Crippen LogP contribution in [0.4, 0.5) is 0 Å². The lowest BCUT2D eigenvalue weighted by atomic mass is 9.85. The van der Waals surface area contributed by atoms with Gasteiger partial charge in [0.1, 0.15) is 0 Å². The van der Waals surface area contributed by atoms with Gasteiger partial charge in [0.2, 0.25) is 5.91 Å². The molecule has 0 aromatic heterocycles. The van der Waals surface area contributed by atoms with Crippen LogP contribution in [0.25, 0.3) is 0 Å². The van der Waals surface area contributed by atoms with Crippen LogP contribution in [0, 0.1) is 5.92 Å². The number of nitrogens with one attached hydrogen (secondary N) is 1. The van der Waals surface area contributed by atoms with E-state index in [-0.39, 0.29) is 30.0 Å². The van der Waals surface area contributed by atoms with Gasteiger partial charge in [-0.1, -0.05) is 19.3 Å². The van der Waals surface area contributed by atoms with E-state index >= 15 is 0 Å². The van der Waals surface area contributed by atoms with Gasteiger partial charge in [-0.15, -0.1) is 0 Å². The molecule has 17 heavy (non-hydrogen) atoms. The maximum Gasteiger partial charge on any atom is 0.223 e. The fraction of sp³-hybridized carbons (Fsp3) is 0.923. The SMILES string of the molecule is NC1CCCC(C(=O)N[C@H]2CCCC[C@@H]2O)C1. The van der Waals surface area contributed by atoms with Crippen molar-refractivity contribution in [3.63, 3.8) is 0 Å². The Morgan fingerprint density at radius 3 is 2.59 bits per heavy atom. The zero-order valence-corrected chi connectivity index (χ0v) is 10.4. The molecule has 0 bridgehead atoms. The lowest BCUT2D eigenvalue weighted by molar-refractivity contribution is -0.128. The minimum absolute atomic E-state index is 0.0330. The fourth-order valence-corrected chi connectivity index (χ4v) is 3.05. The van der Waals surface area contributed by atoms with Crippen molar-refractivity contribution in [2.75, 3.05) is 0 Å². The first kappa shape index (κ1) is 12.8. The minimum Gasteiger partial charge on any atom is -0.391 e. The largest absolute Gasteiger partial charge is 0.391 e. The normalized spacial score (nSPS) is 38.7. The average Bonchev–Trinajstić information content (AvgIpc) is 2.32. The fourth-order valence-electron chi connectivity index (χ4n) is 3.05. The molecule has 4 nitrogen and oxygen atoms in total. The number of amides is 1. The topological polar surface area (TPSA) is 75.4 Å². The van der Waals surface area contributed by atoms with Gasteiger partial charge in [-0.05, 0) is 32.1 Å². The Morgan fingerprint density at radius 2 is 1.88 bits per heavy atom.